The van der Waals surface area contributed by atoms with E-state index >= 15 is 0 Å². The van der Waals surface area contributed by atoms with Crippen molar-refractivity contribution in [3.05, 3.63) is 0 Å². The fourth-order valence-corrected chi connectivity index (χ4v) is 6.47. The summed E-state index contributed by atoms with van der Waals surface area (Å²) >= 11 is 0. The Bertz CT molecular complexity index is 780. The summed E-state index contributed by atoms with van der Waals surface area (Å²) < 4.78 is 18.5. The van der Waals surface area contributed by atoms with E-state index in [0.29, 0.717) is 12.8 Å². The van der Waals surface area contributed by atoms with Crippen molar-refractivity contribution in [2.45, 2.75) is 135 Å². The second kappa shape index (κ2) is 14.0. The van der Waals surface area contributed by atoms with E-state index < -0.39 is 84.4 Å². The molecule has 0 amide bonds. The smallest absolute Gasteiger partial charge is 0.160 e. The van der Waals surface area contributed by atoms with Gasteiger partial charge in [0.15, 0.2) is 12.6 Å². The summed E-state index contributed by atoms with van der Waals surface area (Å²) in [5.74, 6) is -3.33. The maximum atomic E-state index is 13.2. The minimum atomic E-state index is -1.66. The van der Waals surface area contributed by atoms with Crippen LogP contribution in [0.15, 0.2) is 0 Å². The molecule has 2 fully saturated rings. The van der Waals surface area contributed by atoms with Crippen molar-refractivity contribution >= 4 is 5.78 Å². The van der Waals surface area contributed by atoms with Crippen molar-refractivity contribution in [2.24, 2.45) is 29.6 Å². The highest BCUT2D eigenvalue weighted by atomic mass is 16.7. The number of ketones is 1. The molecule has 230 valence electrons. The molecule has 0 spiro atoms. The number of aliphatic hydroxyl groups excluding tert-OH is 4. The molecule has 0 radical (unpaired) electrons. The second-order valence-corrected chi connectivity index (χ2v) is 12.8. The van der Waals surface area contributed by atoms with Crippen molar-refractivity contribution in [1.29, 1.82) is 0 Å². The van der Waals surface area contributed by atoms with Crippen LogP contribution in [-0.2, 0) is 19.0 Å². The van der Waals surface area contributed by atoms with Crippen molar-refractivity contribution in [1.82, 2.24) is 4.90 Å². The summed E-state index contributed by atoms with van der Waals surface area (Å²) in [5, 5.41) is 55.7. The van der Waals surface area contributed by atoms with Gasteiger partial charge in [0.1, 0.15) is 5.78 Å². The average Bonchev–Trinajstić information content (AvgIpc) is 2.87. The van der Waals surface area contributed by atoms with Gasteiger partial charge >= 0.3 is 0 Å². The summed E-state index contributed by atoms with van der Waals surface area (Å²) in [6, 6.07) is -0.224. The maximum Gasteiger partial charge on any atom is 0.160 e. The van der Waals surface area contributed by atoms with Crippen molar-refractivity contribution in [3.8, 4) is 0 Å². The Morgan fingerprint density at radius 3 is 2.08 bits per heavy atom. The molecular weight excluding hydrogens is 506 g/mol. The van der Waals surface area contributed by atoms with Crippen LogP contribution in [0.1, 0.15) is 74.7 Å². The lowest BCUT2D eigenvalue weighted by Crippen LogP contribution is -2.56. The van der Waals surface area contributed by atoms with E-state index in [2.05, 4.69) is 0 Å². The van der Waals surface area contributed by atoms with Crippen LogP contribution in [0.25, 0.3) is 0 Å². The van der Waals surface area contributed by atoms with Gasteiger partial charge in [0.05, 0.1) is 42.2 Å². The lowest BCUT2D eigenvalue weighted by molar-refractivity contribution is -0.285. The van der Waals surface area contributed by atoms with Gasteiger partial charge in [-0.15, -0.1) is 0 Å². The number of carbonyl (C=O) groups excluding carboxylic acids is 1. The molecule has 39 heavy (non-hydrogen) atoms. The molecular formula is C29H55NO9. The molecule has 10 nitrogen and oxygen atoms in total. The fourth-order valence-electron chi connectivity index (χ4n) is 6.47. The van der Waals surface area contributed by atoms with Crippen LogP contribution in [0.5, 0.6) is 0 Å². The summed E-state index contributed by atoms with van der Waals surface area (Å²) in [5.41, 5.74) is -1.66. The molecule has 0 bridgehead atoms. The molecule has 15 atom stereocenters. The summed E-state index contributed by atoms with van der Waals surface area (Å²) in [7, 11) is 3.75. The van der Waals surface area contributed by atoms with Gasteiger partial charge in [-0.1, -0.05) is 41.5 Å². The zero-order valence-electron chi connectivity index (χ0n) is 25.5. The van der Waals surface area contributed by atoms with Gasteiger partial charge in [-0.2, -0.15) is 0 Å². The largest absolute Gasteiger partial charge is 0.392 e. The Morgan fingerprint density at radius 1 is 0.949 bits per heavy atom. The lowest BCUT2D eigenvalue weighted by atomic mass is 9.75. The van der Waals surface area contributed by atoms with Gasteiger partial charge in [-0.3, -0.25) is 4.79 Å². The van der Waals surface area contributed by atoms with E-state index in [4.69, 9.17) is 14.2 Å². The standard InChI is InChI=1S/C29H55NO9/c1-11-21-15(3)24(32)16(4)23(31)14(2)13-29(8,36)27(34)17(5)26(18(6)28(35)38-21)39-22-12-20(30(9)10)25(33)19(7)37-22/h14-22,24-28,32-36H,11-13H2,1-10H3/t14-,15+,16+,17+,18-,19?,20?,21-,22+,24+,25-,26+,27-,28?,29-/m1/s1. The minimum Gasteiger partial charge on any atom is -0.392 e. The van der Waals surface area contributed by atoms with E-state index in [1.807, 2.05) is 25.9 Å². The summed E-state index contributed by atoms with van der Waals surface area (Å²) in [6.07, 6.45) is -6.09. The Hall–Kier alpha value is -0.690. The fraction of sp³-hybridized carbons (Fsp3) is 0.966. The Morgan fingerprint density at radius 2 is 1.54 bits per heavy atom. The third-order valence-corrected chi connectivity index (χ3v) is 9.28. The number of ether oxygens (including phenoxy) is 3. The first kappa shape index (κ1) is 34.5. The number of hydrogen-bond acceptors (Lipinski definition) is 10. The first-order valence-electron chi connectivity index (χ1n) is 14.6. The van der Waals surface area contributed by atoms with Crippen LogP contribution >= 0.6 is 0 Å². The molecule has 0 aromatic heterocycles. The topological polar surface area (TPSA) is 149 Å². The van der Waals surface area contributed by atoms with Crippen LogP contribution in [0.2, 0.25) is 0 Å². The van der Waals surface area contributed by atoms with Gasteiger partial charge in [0.2, 0.25) is 0 Å². The lowest BCUT2D eigenvalue weighted by Gasteiger charge is -2.45. The minimum absolute atomic E-state index is 0.00794. The zero-order valence-corrected chi connectivity index (χ0v) is 25.5. The summed E-state index contributed by atoms with van der Waals surface area (Å²) in [4.78, 5) is 15.1. The highest BCUT2D eigenvalue weighted by Gasteiger charge is 2.47. The third-order valence-electron chi connectivity index (χ3n) is 9.28. The first-order valence-corrected chi connectivity index (χ1v) is 14.6. The zero-order chi connectivity index (χ0) is 30.0. The highest BCUT2D eigenvalue weighted by Crippen LogP contribution is 2.36. The second-order valence-electron chi connectivity index (χ2n) is 12.8. The van der Waals surface area contributed by atoms with Crippen molar-refractivity contribution in [2.75, 3.05) is 14.1 Å². The van der Waals surface area contributed by atoms with E-state index in [-0.39, 0.29) is 18.2 Å². The predicted molar refractivity (Wildman–Crippen MR) is 147 cm³/mol. The van der Waals surface area contributed by atoms with E-state index in [9.17, 15) is 30.3 Å². The van der Waals surface area contributed by atoms with Gasteiger partial charge in [0.25, 0.3) is 0 Å². The van der Waals surface area contributed by atoms with E-state index in [0.717, 1.165) is 0 Å². The number of hydrogen-bond donors (Lipinski definition) is 5. The average molecular weight is 562 g/mol. The first-order chi connectivity index (χ1) is 17.9. The molecule has 10 heteroatoms. The van der Waals surface area contributed by atoms with Gasteiger partial charge in [0, 0.05) is 42.1 Å². The third kappa shape index (κ3) is 7.99. The molecule has 3 unspecified atom stereocenters. The number of carbonyl (C=O) groups is 1. The van der Waals surface area contributed by atoms with Crippen molar-refractivity contribution in [3.63, 3.8) is 0 Å². The van der Waals surface area contributed by atoms with Gasteiger partial charge in [-0.05, 0) is 40.8 Å². The molecule has 5 N–H and O–H groups in total. The van der Waals surface area contributed by atoms with Gasteiger partial charge < -0.3 is 44.6 Å². The van der Waals surface area contributed by atoms with Crippen LogP contribution in [0.4, 0.5) is 0 Å². The normalized spacial score (nSPS) is 49.6. The molecule has 0 aromatic rings. The number of Topliss-reactive ketones (excluding diaryl/α,β-unsaturated/α-hetero) is 1. The van der Waals surface area contributed by atoms with E-state index in [1.165, 1.54) is 6.92 Å². The molecule has 2 rings (SSSR count). The number of aliphatic hydroxyl groups is 5. The molecule has 2 heterocycles. The molecule has 2 saturated heterocycles. The Balaban J connectivity index is 2.47. The quantitative estimate of drug-likeness (QED) is 0.342. The van der Waals surface area contributed by atoms with Crippen LogP contribution in [0.3, 0.4) is 0 Å². The molecule has 0 saturated carbocycles. The maximum absolute atomic E-state index is 13.2. The SMILES string of the molecule is CC[C@H]1OC(O)[C@H](C)[C@@H](O[C@H]2CC(N(C)C)[C@H](O)C(C)O2)[C@H](C)[C@@H](O)[C@](C)(O)C[C@@H](C)C(=O)[C@H](C)[C@@H](O)[C@H]1C. The van der Waals surface area contributed by atoms with Crippen molar-refractivity contribution < 1.29 is 44.5 Å². The highest BCUT2D eigenvalue weighted by molar-refractivity contribution is 5.83. The van der Waals surface area contributed by atoms with Crippen LogP contribution < -0.4 is 0 Å². The predicted octanol–water partition coefficient (Wildman–Crippen LogP) is 1.54. The molecule has 0 aromatic carbocycles. The Kier molecular flexibility index (Phi) is 12.4. The number of nitrogens with zero attached hydrogens (tertiary/aromatic N) is 1. The van der Waals surface area contributed by atoms with E-state index in [1.54, 1.807) is 41.5 Å². The molecule has 0 aliphatic carbocycles. The van der Waals surface area contributed by atoms with Gasteiger partial charge in [-0.25, -0.2) is 0 Å². The van der Waals surface area contributed by atoms with Crippen LogP contribution in [0, 0.1) is 29.6 Å². The number of likely N-dealkylation sites (N-methyl/N-ethyl adjacent to an activating group) is 1. The Labute approximate surface area is 234 Å². The van der Waals surface area contributed by atoms with Crippen LogP contribution in [-0.4, -0.2) is 111 Å². The number of rotatable bonds is 4. The molecule has 2 aliphatic rings. The monoisotopic (exact) mass is 561 g/mol. The summed E-state index contributed by atoms with van der Waals surface area (Å²) in [6.45, 7) is 13.8. The molecule has 2 aliphatic heterocycles.